The van der Waals surface area contributed by atoms with Crippen LogP contribution in [0.4, 0.5) is 0 Å². The second-order valence-electron chi connectivity index (χ2n) is 5.71. The normalized spacial score (nSPS) is 10.1. The molecule has 0 unspecified atom stereocenters. The molecule has 0 aliphatic heterocycles. The third-order valence-corrected chi connectivity index (χ3v) is 3.92. The van der Waals surface area contributed by atoms with Crippen LogP contribution in [0.25, 0.3) is 0 Å². The first kappa shape index (κ1) is 20.9. The summed E-state index contributed by atoms with van der Waals surface area (Å²) in [5.41, 5.74) is 1.24. The van der Waals surface area contributed by atoms with Gasteiger partial charge in [-0.05, 0) is 30.7 Å². The first-order valence-electron chi connectivity index (χ1n) is 8.50. The highest BCUT2D eigenvalue weighted by atomic mass is 16.5. The first-order valence-corrected chi connectivity index (χ1v) is 8.50. The third-order valence-electron chi connectivity index (χ3n) is 3.92. The van der Waals surface area contributed by atoms with E-state index in [1.807, 2.05) is 6.07 Å². The maximum atomic E-state index is 12.3. The van der Waals surface area contributed by atoms with Crippen LogP contribution < -0.4 is 24.3 Å². The predicted molar refractivity (Wildman–Crippen MR) is 102 cm³/mol. The summed E-state index contributed by atoms with van der Waals surface area (Å²) in [7, 11) is 4.62. The van der Waals surface area contributed by atoms with Crippen molar-refractivity contribution >= 4 is 11.9 Å². The summed E-state index contributed by atoms with van der Waals surface area (Å²) >= 11 is 0. The van der Waals surface area contributed by atoms with Gasteiger partial charge >= 0.3 is 5.97 Å². The number of hydrogen-bond donors (Lipinski definition) is 2. The number of benzene rings is 2. The maximum Gasteiger partial charge on any atom is 0.341 e. The first-order chi connectivity index (χ1) is 13.5. The average Bonchev–Trinajstić information content (AvgIpc) is 2.71. The van der Waals surface area contributed by atoms with E-state index in [0.29, 0.717) is 41.5 Å². The summed E-state index contributed by atoms with van der Waals surface area (Å²) < 4.78 is 21.1. The molecule has 0 atom stereocenters. The number of carbonyl (C=O) groups is 2. The number of carbonyl (C=O) groups excluding carboxylic acids is 1. The molecule has 8 heteroatoms. The number of nitrogens with one attached hydrogen (secondary N) is 1. The van der Waals surface area contributed by atoms with E-state index in [1.54, 1.807) is 38.5 Å². The van der Waals surface area contributed by atoms with Crippen molar-refractivity contribution in [3.63, 3.8) is 0 Å². The highest BCUT2D eigenvalue weighted by molar-refractivity contribution is 5.94. The van der Waals surface area contributed by atoms with Crippen LogP contribution in [0.15, 0.2) is 36.4 Å². The largest absolute Gasteiger partial charge is 0.493 e. The molecule has 2 rings (SSSR count). The summed E-state index contributed by atoms with van der Waals surface area (Å²) in [6.07, 6.45) is 0.518. The van der Waals surface area contributed by atoms with Gasteiger partial charge in [0.15, 0.2) is 18.1 Å². The molecule has 0 saturated heterocycles. The zero-order chi connectivity index (χ0) is 20.5. The fourth-order valence-electron chi connectivity index (χ4n) is 2.65. The zero-order valence-corrected chi connectivity index (χ0v) is 16.0. The molecule has 0 radical (unpaired) electrons. The van der Waals surface area contributed by atoms with E-state index in [2.05, 4.69) is 5.32 Å². The van der Waals surface area contributed by atoms with Gasteiger partial charge in [-0.3, -0.25) is 4.79 Å². The summed E-state index contributed by atoms with van der Waals surface area (Å²) in [4.78, 5) is 22.9. The Labute approximate surface area is 163 Å². The molecule has 0 fully saturated rings. The molecule has 0 aliphatic carbocycles. The summed E-state index contributed by atoms with van der Waals surface area (Å²) in [5.74, 6) is 0.554. The number of methoxy groups -OCH3 is 3. The second-order valence-corrected chi connectivity index (χ2v) is 5.71. The topological polar surface area (TPSA) is 103 Å². The van der Waals surface area contributed by atoms with Crippen LogP contribution in [0, 0.1) is 0 Å². The molecule has 2 N–H and O–H groups in total. The Morgan fingerprint density at radius 1 is 1.00 bits per heavy atom. The molecule has 28 heavy (non-hydrogen) atoms. The highest BCUT2D eigenvalue weighted by Crippen LogP contribution is 2.39. The highest BCUT2D eigenvalue weighted by Gasteiger charge is 2.16. The zero-order valence-electron chi connectivity index (χ0n) is 16.0. The molecule has 1 amide bonds. The van der Waals surface area contributed by atoms with Crippen molar-refractivity contribution in [3.05, 3.63) is 47.5 Å². The summed E-state index contributed by atoms with van der Waals surface area (Å²) in [6.45, 7) is -0.102. The summed E-state index contributed by atoms with van der Waals surface area (Å²) in [6, 6.07) is 9.97. The van der Waals surface area contributed by atoms with Gasteiger partial charge in [0.1, 0.15) is 5.75 Å². The number of carboxylic acids is 1. The molecule has 8 nitrogen and oxygen atoms in total. The SMILES string of the molecule is COc1ccc(CCNC(=O)c2cccc(OCC(=O)O)c2)c(OC)c1OC. The van der Waals surface area contributed by atoms with Gasteiger partial charge < -0.3 is 29.4 Å². The smallest absolute Gasteiger partial charge is 0.341 e. The lowest BCUT2D eigenvalue weighted by Crippen LogP contribution is -2.25. The molecule has 0 bridgehead atoms. The van der Waals surface area contributed by atoms with Crippen molar-refractivity contribution in [2.75, 3.05) is 34.5 Å². The molecule has 150 valence electrons. The molecule has 0 saturated carbocycles. The monoisotopic (exact) mass is 389 g/mol. The van der Waals surface area contributed by atoms with Crippen molar-refractivity contribution in [1.82, 2.24) is 5.32 Å². The van der Waals surface area contributed by atoms with Crippen LogP contribution in [0.5, 0.6) is 23.0 Å². The van der Waals surface area contributed by atoms with Crippen LogP contribution in [-0.2, 0) is 11.2 Å². The lowest BCUT2D eigenvalue weighted by Gasteiger charge is -2.16. The van der Waals surface area contributed by atoms with Gasteiger partial charge in [0.25, 0.3) is 5.91 Å². The van der Waals surface area contributed by atoms with E-state index in [4.69, 9.17) is 24.1 Å². The second kappa shape index (κ2) is 10.1. The van der Waals surface area contributed by atoms with Gasteiger partial charge in [-0.1, -0.05) is 12.1 Å². The van der Waals surface area contributed by atoms with Crippen LogP contribution in [-0.4, -0.2) is 51.5 Å². The Balaban J connectivity index is 2.01. The fraction of sp³-hybridized carbons (Fsp3) is 0.300. The number of ether oxygens (including phenoxy) is 4. The predicted octanol–water partition coefficient (Wildman–Crippen LogP) is 2.15. The van der Waals surface area contributed by atoms with Gasteiger partial charge in [-0.2, -0.15) is 0 Å². The van der Waals surface area contributed by atoms with Crippen molar-refractivity contribution in [3.8, 4) is 23.0 Å². The van der Waals surface area contributed by atoms with Crippen LogP contribution >= 0.6 is 0 Å². The maximum absolute atomic E-state index is 12.3. The molecule has 0 spiro atoms. The van der Waals surface area contributed by atoms with Gasteiger partial charge in [0.05, 0.1) is 21.3 Å². The lowest BCUT2D eigenvalue weighted by atomic mass is 10.1. The van der Waals surface area contributed by atoms with Crippen LogP contribution in [0.2, 0.25) is 0 Å². The van der Waals surface area contributed by atoms with Gasteiger partial charge in [-0.15, -0.1) is 0 Å². The molecule has 0 aromatic heterocycles. The minimum absolute atomic E-state index is 0.291. The molecular formula is C20H23NO7. The van der Waals surface area contributed by atoms with Gasteiger partial charge in [0.2, 0.25) is 5.75 Å². The van der Waals surface area contributed by atoms with E-state index >= 15 is 0 Å². The lowest BCUT2D eigenvalue weighted by molar-refractivity contribution is -0.139. The van der Waals surface area contributed by atoms with Crippen molar-refractivity contribution in [2.45, 2.75) is 6.42 Å². The van der Waals surface area contributed by atoms with Crippen LogP contribution in [0.1, 0.15) is 15.9 Å². The summed E-state index contributed by atoms with van der Waals surface area (Å²) in [5, 5.41) is 11.5. The van der Waals surface area contributed by atoms with Crippen molar-refractivity contribution < 1.29 is 33.6 Å². The van der Waals surface area contributed by atoms with Gasteiger partial charge in [0, 0.05) is 17.7 Å². The molecular weight excluding hydrogens is 366 g/mol. The van der Waals surface area contributed by atoms with E-state index < -0.39 is 12.6 Å². The van der Waals surface area contributed by atoms with Crippen molar-refractivity contribution in [2.24, 2.45) is 0 Å². The Morgan fingerprint density at radius 3 is 2.39 bits per heavy atom. The minimum atomic E-state index is -1.08. The van der Waals surface area contributed by atoms with Gasteiger partial charge in [-0.25, -0.2) is 4.79 Å². The average molecular weight is 389 g/mol. The van der Waals surface area contributed by atoms with E-state index in [-0.39, 0.29) is 5.91 Å². The van der Waals surface area contributed by atoms with Crippen molar-refractivity contribution in [1.29, 1.82) is 0 Å². The molecule has 0 heterocycles. The third kappa shape index (κ3) is 5.29. The Hall–Kier alpha value is -3.42. The molecule has 2 aromatic rings. The quantitative estimate of drug-likeness (QED) is 0.642. The molecule has 0 aliphatic rings. The van der Waals surface area contributed by atoms with Crippen LogP contribution in [0.3, 0.4) is 0 Å². The number of aliphatic carboxylic acids is 1. The Bertz CT molecular complexity index is 835. The van der Waals surface area contributed by atoms with E-state index in [0.717, 1.165) is 5.56 Å². The Kier molecular flexibility index (Phi) is 7.50. The number of amides is 1. The molecule has 2 aromatic carbocycles. The fourth-order valence-corrected chi connectivity index (χ4v) is 2.65. The number of carboxylic acid groups (broad SMARTS) is 1. The number of hydrogen-bond acceptors (Lipinski definition) is 6. The standard InChI is InChI=1S/C20H23NO7/c1-25-16-8-7-13(18(26-2)19(16)27-3)9-10-21-20(24)14-5-4-6-15(11-14)28-12-17(22)23/h4-8,11H,9-10,12H2,1-3H3,(H,21,24)(H,22,23). The van der Waals surface area contributed by atoms with E-state index in [9.17, 15) is 9.59 Å². The minimum Gasteiger partial charge on any atom is -0.493 e. The number of rotatable bonds is 10. The Morgan fingerprint density at radius 2 is 1.75 bits per heavy atom. The van der Waals surface area contributed by atoms with E-state index in [1.165, 1.54) is 13.2 Å².